The van der Waals surface area contributed by atoms with Crippen molar-refractivity contribution in [2.45, 2.75) is 19.3 Å². The highest BCUT2D eigenvalue weighted by atomic mass is 16.3. The van der Waals surface area contributed by atoms with Gasteiger partial charge in [0.1, 0.15) is 11.2 Å². The predicted molar refractivity (Wildman–Crippen MR) is 152 cm³/mol. The van der Waals surface area contributed by atoms with Gasteiger partial charge in [-0.25, -0.2) is 0 Å². The van der Waals surface area contributed by atoms with E-state index in [1.807, 2.05) is 12.1 Å². The van der Waals surface area contributed by atoms with Crippen LogP contribution >= 0.6 is 0 Å². The molecule has 36 heavy (non-hydrogen) atoms. The van der Waals surface area contributed by atoms with Crippen molar-refractivity contribution >= 4 is 43.5 Å². The molecule has 1 nitrogen and oxygen atoms in total. The van der Waals surface area contributed by atoms with Crippen molar-refractivity contribution in [1.29, 1.82) is 0 Å². The third-order valence-corrected chi connectivity index (χ3v) is 7.59. The molecule has 0 N–H and O–H groups in total. The molecule has 1 heteroatoms. The molecule has 0 amide bonds. The van der Waals surface area contributed by atoms with E-state index in [9.17, 15) is 0 Å². The molecule has 0 unspecified atom stereocenters. The molecule has 0 atom stereocenters. The van der Waals surface area contributed by atoms with Gasteiger partial charge < -0.3 is 4.42 Å². The van der Waals surface area contributed by atoms with Crippen LogP contribution in [0.1, 0.15) is 37.3 Å². The first-order valence-corrected chi connectivity index (χ1v) is 11.9. The van der Waals surface area contributed by atoms with Crippen molar-refractivity contribution in [2.24, 2.45) is 0 Å². The molecule has 0 radical (unpaired) electrons. The fourth-order valence-electron chi connectivity index (χ4n) is 5.85. The maximum Gasteiger partial charge on any atom is 0.136 e. The first kappa shape index (κ1) is 13.1. The van der Waals surface area contributed by atoms with Gasteiger partial charge in [0.25, 0.3) is 0 Å². The molecular formula is C35H24O. The van der Waals surface area contributed by atoms with E-state index in [1.54, 1.807) is 12.1 Å². The van der Waals surface area contributed by atoms with Crippen LogP contribution in [-0.4, -0.2) is 0 Å². The van der Waals surface area contributed by atoms with Gasteiger partial charge in [0.15, 0.2) is 0 Å². The Morgan fingerprint density at radius 1 is 0.639 bits per heavy atom. The minimum absolute atomic E-state index is 0.0244. The van der Waals surface area contributed by atoms with Gasteiger partial charge in [0, 0.05) is 16.2 Å². The lowest BCUT2D eigenvalue weighted by molar-refractivity contribution is 0.658. The summed E-state index contributed by atoms with van der Waals surface area (Å²) in [5.74, 6) is 0. The predicted octanol–water partition coefficient (Wildman–Crippen LogP) is 9.87. The molecule has 1 aliphatic rings. The van der Waals surface area contributed by atoms with Crippen LogP contribution in [0.15, 0.2) is 113 Å². The highest BCUT2D eigenvalue weighted by Gasteiger charge is 2.35. The topological polar surface area (TPSA) is 13.1 Å². The Morgan fingerprint density at radius 3 is 2.11 bits per heavy atom. The lowest BCUT2D eigenvalue weighted by Crippen LogP contribution is -2.14. The third kappa shape index (κ3) is 2.55. The Hall–Kier alpha value is -4.36. The van der Waals surface area contributed by atoms with E-state index in [0.29, 0.717) is 16.7 Å². The maximum atomic E-state index is 8.94. The Morgan fingerprint density at radius 2 is 1.33 bits per heavy atom. The van der Waals surface area contributed by atoms with Crippen molar-refractivity contribution in [3.8, 4) is 22.3 Å². The Bertz CT molecular complexity index is 2430. The van der Waals surface area contributed by atoms with E-state index < -0.39 is 36.3 Å². The molecule has 0 saturated heterocycles. The molecule has 1 heterocycles. The number of benzene rings is 6. The SMILES string of the molecule is [2H]c1c([2H])c([2H])c2c(-c3ccc4c(c3)oc3cc5c(cc34)C(C)(C)c3ccccc3-5)c3c([2H])c([2H])c([2H])c([2H])c3c([2H])c2c1[2H]. The largest absolute Gasteiger partial charge is 0.456 e. The third-order valence-electron chi connectivity index (χ3n) is 7.59. The molecule has 0 saturated carbocycles. The average molecular weight is 470 g/mol. The zero-order chi connectivity index (χ0) is 31.9. The normalized spacial score (nSPS) is 17.6. The van der Waals surface area contributed by atoms with E-state index in [4.69, 9.17) is 16.8 Å². The molecule has 170 valence electrons. The number of rotatable bonds is 1. The van der Waals surface area contributed by atoms with Gasteiger partial charge in [0.2, 0.25) is 0 Å². The molecular weight excluding hydrogens is 436 g/mol. The zero-order valence-electron chi connectivity index (χ0n) is 28.6. The van der Waals surface area contributed by atoms with Gasteiger partial charge >= 0.3 is 0 Å². The molecule has 8 rings (SSSR count). The summed E-state index contributed by atoms with van der Waals surface area (Å²) in [4.78, 5) is 0. The molecule has 0 bridgehead atoms. The second-order valence-corrected chi connectivity index (χ2v) is 9.88. The van der Waals surface area contributed by atoms with Crippen LogP contribution in [-0.2, 0) is 5.41 Å². The first-order chi connectivity index (χ1) is 21.3. The van der Waals surface area contributed by atoms with Gasteiger partial charge in [-0.05, 0) is 85.2 Å². The molecule has 1 aliphatic carbocycles. The van der Waals surface area contributed by atoms with Gasteiger partial charge in [-0.2, -0.15) is 0 Å². The number of furan rings is 1. The Labute approximate surface area is 222 Å². The smallest absolute Gasteiger partial charge is 0.136 e. The van der Waals surface area contributed by atoms with Crippen molar-refractivity contribution < 1.29 is 16.8 Å². The molecule has 6 aromatic carbocycles. The second kappa shape index (κ2) is 6.86. The second-order valence-electron chi connectivity index (χ2n) is 9.88. The van der Waals surface area contributed by atoms with E-state index in [2.05, 4.69) is 44.2 Å². The van der Waals surface area contributed by atoms with Crippen LogP contribution in [0.5, 0.6) is 0 Å². The summed E-state index contributed by atoms with van der Waals surface area (Å²) in [5.41, 5.74) is 6.38. The fraction of sp³-hybridized carbons (Fsp3) is 0.0857. The van der Waals surface area contributed by atoms with Gasteiger partial charge in [-0.15, -0.1) is 0 Å². The number of hydrogen-bond donors (Lipinski definition) is 0. The highest BCUT2D eigenvalue weighted by molar-refractivity contribution is 6.14. The molecule has 1 aromatic heterocycles. The monoisotopic (exact) mass is 469 g/mol. The lowest BCUT2D eigenvalue weighted by Gasteiger charge is -2.21. The molecule has 7 aromatic rings. The minimum atomic E-state index is -0.516. The molecule has 0 fully saturated rings. The first-order valence-electron chi connectivity index (χ1n) is 16.4. The summed E-state index contributed by atoms with van der Waals surface area (Å²) in [6, 6.07) is 14.0. The average Bonchev–Trinajstić information content (AvgIpc) is 3.50. The Kier molecular flexibility index (Phi) is 2.49. The van der Waals surface area contributed by atoms with Crippen LogP contribution in [0.4, 0.5) is 0 Å². The summed E-state index contributed by atoms with van der Waals surface area (Å²) in [6.45, 7) is 4.42. The van der Waals surface area contributed by atoms with Gasteiger partial charge in [-0.3, -0.25) is 0 Å². The van der Waals surface area contributed by atoms with Crippen molar-refractivity contribution in [1.82, 2.24) is 0 Å². The summed E-state index contributed by atoms with van der Waals surface area (Å²) in [6.07, 6.45) is 0. The van der Waals surface area contributed by atoms with Gasteiger partial charge in [-0.1, -0.05) is 92.5 Å². The van der Waals surface area contributed by atoms with Crippen LogP contribution in [0.3, 0.4) is 0 Å². The highest BCUT2D eigenvalue weighted by Crippen LogP contribution is 2.50. The zero-order valence-corrected chi connectivity index (χ0v) is 19.6. The van der Waals surface area contributed by atoms with Crippen molar-refractivity contribution in [3.63, 3.8) is 0 Å². The van der Waals surface area contributed by atoms with E-state index >= 15 is 0 Å². The maximum absolute atomic E-state index is 8.94. The summed E-state index contributed by atoms with van der Waals surface area (Å²) < 4.78 is 83.7. The van der Waals surface area contributed by atoms with Crippen LogP contribution in [0.25, 0.3) is 65.7 Å². The standard InChI is InChI=1S/C35H24O/c1-35(2)30-14-8-7-13-26(30)28-20-33-29(19-31(28)35)27-16-15-23(18-32(27)36-33)34-24-11-5-3-9-21(24)17-22-10-4-6-12-25(22)34/h3-20H,1-2H3/i3D,4D,5D,6D,9D,10D,11D,12D,17D. The summed E-state index contributed by atoms with van der Waals surface area (Å²) >= 11 is 0. The van der Waals surface area contributed by atoms with Gasteiger partial charge in [0.05, 0.1) is 12.3 Å². The number of fused-ring (bicyclic) bond motifs is 8. The van der Waals surface area contributed by atoms with Crippen molar-refractivity contribution in [3.05, 3.63) is 120 Å². The molecule has 0 aliphatic heterocycles. The number of hydrogen-bond acceptors (Lipinski definition) is 1. The van der Waals surface area contributed by atoms with E-state index in [-0.39, 0.29) is 50.7 Å². The van der Waals surface area contributed by atoms with Crippen molar-refractivity contribution in [2.75, 3.05) is 0 Å². The van der Waals surface area contributed by atoms with Crippen LogP contribution in [0, 0.1) is 0 Å². The van der Waals surface area contributed by atoms with Crippen LogP contribution in [0.2, 0.25) is 0 Å². The lowest BCUT2D eigenvalue weighted by atomic mass is 9.82. The van der Waals surface area contributed by atoms with Crippen LogP contribution < -0.4 is 0 Å². The van der Waals surface area contributed by atoms with E-state index in [0.717, 1.165) is 21.9 Å². The van der Waals surface area contributed by atoms with E-state index in [1.165, 1.54) is 11.1 Å². The quantitative estimate of drug-likeness (QED) is 0.218. The fourth-order valence-corrected chi connectivity index (χ4v) is 5.85. The summed E-state index contributed by atoms with van der Waals surface area (Å²) in [5, 5.41) is 1.62. The molecule has 0 spiro atoms. The minimum Gasteiger partial charge on any atom is -0.456 e. The summed E-state index contributed by atoms with van der Waals surface area (Å²) in [7, 11) is 0. The Balaban J connectivity index is 1.50.